The molecule has 0 atom stereocenters. The van der Waals surface area contributed by atoms with E-state index in [1.165, 1.54) is 22.6 Å². The van der Waals surface area contributed by atoms with Gasteiger partial charge in [-0.3, -0.25) is 0 Å². The summed E-state index contributed by atoms with van der Waals surface area (Å²) in [4.78, 5) is 13.7. The molecule has 0 unspecified atom stereocenters. The van der Waals surface area contributed by atoms with E-state index in [1.54, 1.807) is 17.5 Å². The van der Waals surface area contributed by atoms with Gasteiger partial charge in [-0.25, -0.2) is 9.97 Å². The number of aromatic amines is 1. The van der Waals surface area contributed by atoms with Crippen molar-refractivity contribution >= 4 is 22.3 Å². The lowest BCUT2D eigenvalue weighted by Crippen LogP contribution is -1.92. The monoisotopic (exact) mass is 282 g/mol. The lowest BCUT2D eigenvalue weighted by atomic mass is 10.1. The van der Waals surface area contributed by atoms with E-state index in [2.05, 4.69) is 21.4 Å². The second-order valence-corrected chi connectivity index (χ2v) is 5.95. The lowest BCUT2D eigenvalue weighted by molar-refractivity contribution is 0.844. The fourth-order valence-electron chi connectivity index (χ4n) is 2.59. The van der Waals surface area contributed by atoms with Crippen LogP contribution in [0.15, 0.2) is 36.7 Å². The van der Waals surface area contributed by atoms with Crippen molar-refractivity contribution in [3.8, 4) is 11.4 Å². The van der Waals surface area contributed by atoms with Crippen LogP contribution in [0.1, 0.15) is 16.9 Å². The Morgan fingerprint density at radius 3 is 3.10 bits per heavy atom. The SMILES string of the molecule is c1ccc(Nc2nc3c(s2)CCCc2cc[nH]c2-3)nc1. The van der Waals surface area contributed by atoms with Gasteiger partial charge in [0.25, 0.3) is 0 Å². The highest BCUT2D eigenvalue weighted by molar-refractivity contribution is 7.16. The Morgan fingerprint density at radius 2 is 2.20 bits per heavy atom. The topological polar surface area (TPSA) is 53.6 Å². The molecule has 4 rings (SSSR count). The predicted molar refractivity (Wildman–Crippen MR) is 81.4 cm³/mol. The third kappa shape index (κ3) is 2.00. The lowest BCUT2D eigenvalue weighted by Gasteiger charge is -2.00. The van der Waals surface area contributed by atoms with Crippen molar-refractivity contribution in [1.29, 1.82) is 0 Å². The van der Waals surface area contributed by atoms with Crippen LogP contribution in [0.3, 0.4) is 0 Å². The van der Waals surface area contributed by atoms with Crippen molar-refractivity contribution in [1.82, 2.24) is 15.0 Å². The van der Waals surface area contributed by atoms with E-state index in [0.29, 0.717) is 0 Å². The average Bonchev–Trinajstić information content (AvgIpc) is 3.04. The van der Waals surface area contributed by atoms with Crippen LogP contribution in [-0.2, 0) is 12.8 Å². The molecular formula is C15H14N4S. The average molecular weight is 282 g/mol. The zero-order valence-electron chi connectivity index (χ0n) is 10.9. The molecule has 3 aromatic heterocycles. The maximum atomic E-state index is 4.76. The van der Waals surface area contributed by atoms with Crippen LogP contribution in [0.5, 0.6) is 0 Å². The van der Waals surface area contributed by atoms with Crippen molar-refractivity contribution in [2.75, 3.05) is 5.32 Å². The number of aryl methyl sites for hydroxylation is 2. The van der Waals surface area contributed by atoms with Crippen LogP contribution in [0, 0.1) is 0 Å². The summed E-state index contributed by atoms with van der Waals surface area (Å²) < 4.78 is 0. The first-order valence-corrected chi connectivity index (χ1v) is 7.56. The van der Waals surface area contributed by atoms with Crippen LogP contribution in [0.25, 0.3) is 11.4 Å². The summed E-state index contributed by atoms with van der Waals surface area (Å²) in [5.41, 5.74) is 3.66. The minimum Gasteiger partial charge on any atom is -0.360 e. The maximum Gasteiger partial charge on any atom is 0.189 e. The maximum absolute atomic E-state index is 4.76. The zero-order chi connectivity index (χ0) is 13.4. The van der Waals surface area contributed by atoms with Gasteiger partial charge in [0.15, 0.2) is 5.13 Å². The van der Waals surface area contributed by atoms with Crippen molar-refractivity contribution in [3.63, 3.8) is 0 Å². The summed E-state index contributed by atoms with van der Waals surface area (Å²) >= 11 is 1.73. The molecule has 1 aliphatic rings. The second kappa shape index (κ2) is 4.76. The smallest absolute Gasteiger partial charge is 0.189 e. The molecule has 3 aromatic rings. The molecule has 2 N–H and O–H groups in total. The molecule has 5 heteroatoms. The third-order valence-electron chi connectivity index (χ3n) is 3.52. The van der Waals surface area contributed by atoms with Gasteiger partial charge in [-0.15, -0.1) is 11.3 Å². The highest BCUT2D eigenvalue weighted by Crippen LogP contribution is 2.36. The zero-order valence-corrected chi connectivity index (χ0v) is 11.7. The molecule has 0 amide bonds. The van der Waals surface area contributed by atoms with E-state index in [-0.39, 0.29) is 0 Å². The van der Waals surface area contributed by atoms with Gasteiger partial charge in [0.1, 0.15) is 11.5 Å². The van der Waals surface area contributed by atoms with Gasteiger partial charge in [0.05, 0.1) is 5.69 Å². The van der Waals surface area contributed by atoms with Crippen molar-refractivity contribution < 1.29 is 0 Å². The van der Waals surface area contributed by atoms with Crippen LogP contribution >= 0.6 is 11.3 Å². The first-order chi connectivity index (χ1) is 9.90. The largest absolute Gasteiger partial charge is 0.360 e. The Morgan fingerprint density at radius 1 is 1.20 bits per heavy atom. The summed E-state index contributed by atoms with van der Waals surface area (Å²) in [5, 5.41) is 4.20. The minimum atomic E-state index is 0.836. The van der Waals surface area contributed by atoms with Crippen LogP contribution in [-0.4, -0.2) is 15.0 Å². The molecule has 0 radical (unpaired) electrons. The minimum absolute atomic E-state index is 0.836. The Hall–Kier alpha value is -2.14. The molecule has 0 spiro atoms. The van der Waals surface area contributed by atoms with E-state index >= 15 is 0 Å². The van der Waals surface area contributed by atoms with Gasteiger partial charge in [-0.05, 0) is 43.0 Å². The number of fused-ring (bicyclic) bond motifs is 3. The summed E-state index contributed by atoms with van der Waals surface area (Å²) in [6, 6.07) is 7.99. The predicted octanol–water partition coefficient (Wildman–Crippen LogP) is 3.77. The fourth-order valence-corrected chi connectivity index (χ4v) is 3.60. The number of pyridine rings is 1. The molecule has 20 heavy (non-hydrogen) atoms. The Balaban J connectivity index is 1.72. The van der Waals surface area contributed by atoms with Gasteiger partial charge < -0.3 is 10.3 Å². The number of aromatic nitrogens is 3. The number of hydrogen-bond acceptors (Lipinski definition) is 4. The molecule has 0 aromatic carbocycles. The quantitative estimate of drug-likeness (QED) is 0.752. The Kier molecular flexibility index (Phi) is 2.77. The first-order valence-electron chi connectivity index (χ1n) is 6.74. The van der Waals surface area contributed by atoms with E-state index < -0.39 is 0 Å². The van der Waals surface area contributed by atoms with E-state index in [0.717, 1.165) is 29.5 Å². The standard InChI is InChI=1S/C15H14N4S/c1-2-8-16-12(6-1)18-15-19-14-11(20-15)5-3-4-10-7-9-17-13(10)14/h1-2,6-9,17H,3-5H2,(H,16,18,19). The van der Waals surface area contributed by atoms with Gasteiger partial charge in [-0.1, -0.05) is 6.07 Å². The molecule has 0 fully saturated rings. The highest BCUT2D eigenvalue weighted by atomic mass is 32.1. The third-order valence-corrected chi connectivity index (χ3v) is 4.55. The van der Waals surface area contributed by atoms with Gasteiger partial charge >= 0.3 is 0 Å². The van der Waals surface area contributed by atoms with E-state index in [4.69, 9.17) is 4.98 Å². The number of nitrogens with zero attached hydrogens (tertiary/aromatic N) is 2. The molecule has 1 aliphatic carbocycles. The molecule has 0 bridgehead atoms. The first kappa shape index (κ1) is 11.7. The van der Waals surface area contributed by atoms with Crippen LogP contribution < -0.4 is 5.32 Å². The Labute approximate surface area is 120 Å². The van der Waals surface area contributed by atoms with Crippen molar-refractivity contribution in [2.24, 2.45) is 0 Å². The van der Waals surface area contributed by atoms with Crippen LogP contribution in [0.2, 0.25) is 0 Å². The fraction of sp³-hybridized carbons (Fsp3) is 0.200. The molecule has 4 nitrogen and oxygen atoms in total. The molecule has 0 aliphatic heterocycles. The number of nitrogens with one attached hydrogen (secondary N) is 2. The van der Waals surface area contributed by atoms with E-state index in [1.807, 2.05) is 24.4 Å². The van der Waals surface area contributed by atoms with Gasteiger partial charge in [-0.2, -0.15) is 0 Å². The number of hydrogen-bond donors (Lipinski definition) is 2. The van der Waals surface area contributed by atoms with Crippen LogP contribution in [0.4, 0.5) is 10.9 Å². The van der Waals surface area contributed by atoms with E-state index in [9.17, 15) is 0 Å². The molecule has 100 valence electrons. The second-order valence-electron chi connectivity index (χ2n) is 4.86. The number of H-pyrrole nitrogens is 1. The van der Waals surface area contributed by atoms with Gasteiger partial charge in [0.2, 0.25) is 0 Å². The van der Waals surface area contributed by atoms with Crippen molar-refractivity contribution in [2.45, 2.75) is 19.3 Å². The normalized spacial score (nSPS) is 13.4. The van der Waals surface area contributed by atoms with Gasteiger partial charge in [0, 0.05) is 17.3 Å². The Bertz CT molecular complexity index is 729. The highest BCUT2D eigenvalue weighted by Gasteiger charge is 2.20. The summed E-state index contributed by atoms with van der Waals surface area (Å²) in [6.45, 7) is 0. The number of thiazole rings is 1. The number of anilines is 2. The molecule has 0 saturated heterocycles. The summed E-state index contributed by atoms with van der Waals surface area (Å²) in [7, 11) is 0. The summed E-state index contributed by atoms with van der Waals surface area (Å²) in [5.74, 6) is 0.836. The number of rotatable bonds is 2. The molecule has 0 saturated carbocycles. The van der Waals surface area contributed by atoms with Crippen molar-refractivity contribution in [3.05, 3.63) is 47.1 Å². The molecular weight excluding hydrogens is 268 g/mol. The molecule has 3 heterocycles. The summed E-state index contributed by atoms with van der Waals surface area (Å²) in [6.07, 6.45) is 7.20.